The number of carbonyl (C=O) groups excluding carboxylic acids is 1. The molecule has 0 aliphatic carbocycles. The molecular formula is C17H13F3N4O2. The summed E-state index contributed by atoms with van der Waals surface area (Å²) in [7, 11) is 0. The van der Waals surface area contributed by atoms with Crippen molar-refractivity contribution in [1.29, 1.82) is 0 Å². The Morgan fingerprint density at radius 3 is 2.50 bits per heavy atom. The van der Waals surface area contributed by atoms with Crippen LogP contribution < -0.4 is 10.5 Å². The Morgan fingerprint density at radius 2 is 1.92 bits per heavy atom. The lowest BCUT2D eigenvalue weighted by molar-refractivity contribution is -0.141. The van der Waals surface area contributed by atoms with Crippen LogP contribution >= 0.6 is 0 Å². The number of hydrogen-bond acceptors (Lipinski definition) is 4. The third-order valence-electron chi connectivity index (χ3n) is 3.48. The molecule has 0 aliphatic heterocycles. The van der Waals surface area contributed by atoms with E-state index >= 15 is 0 Å². The van der Waals surface area contributed by atoms with Crippen LogP contribution in [0.1, 0.15) is 21.6 Å². The van der Waals surface area contributed by atoms with E-state index in [1.807, 2.05) is 0 Å². The number of pyridine rings is 1. The van der Waals surface area contributed by atoms with Gasteiger partial charge in [0.1, 0.15) is 6.61 Å². The molecular weight excluding hydrogens is 349 g/mol. The Labute approximate surface area is 146 Å². The molecule has 1 aromatic carbocycles. The number of halogens is 3. The van der Waals surface area contributed by atoms with E-state index in [9.17, 15) is 18.0 Å². The van der Waals surface area contributed by atoms with Crippen molar-refractivity contribution >= 4 is 5.91 Å². The van der Waals surface area contributed by atoms with Crippen LogP contribution in [0, 0.1) is 0 Å². The van der Waals surface area contributed by atoms with Gasteiger partial charge in [-0.25, -0.2) is 0 Å². The van der Waals surface area contributed by atoms with Gasteiger partial charge in [-0.15, -0.1) is 0 Å². The van der Waals surface area contributed by atoms with Crippen molar-refractivity contribution in [3.05, 3.63) is 71.8 Å². The van der Waals surface area contributed by atoms with Crippen LogP contribution in [0.25, 0.3) is 5.69 Å². The topological polar surface area (TPSA) is 83.0 Å². The molecule has 1 amide bonds. The zero-order valence-corrected chi connectivity index (χ0v) is 13.3. The van der Waals surface area contributed by atoms with Crippen molar-refractivity contribution in [1.82, 2.24) is 14.5 Å². The predicted octanol–water partition coefficient (Wildman–Crippen LogP) is 2.96. The Morgan fingerprint density at radius 1 is 1.19 bits per heavy atom. The smallest absolute Gasteiger partial charge is 0.435 e. The van der Waals surface area contributed by atoms with Crippen LogP contribution in [0.15, 0.2) is 55.0 Å². The van der Waals surface area contributed by atoms with Crippen LogP contribution in [-0.2, 0) is 12.8 Å². The number of alkyl halides is 3. The van der Waals surface area contributed by atoms with Crippen molar-refractivity contribution in [3.63, 3.8) is 0 Å². The molecule has 0 radical (unpaired) electrons. The van der Waals surface area contributed by atoms with Crippen molar-refractivity contribution in [2.24, 2.45) is 5.73 Å². The molecule has 0 spiro atoms. The molecule has 0 saturated heterocycles. The number of nitrogens with two attached hydrogens (primary N) is 1. The molecule has 26 heavy (non-hydrogen) atoms. The summed E-state index contributed by atoms with van der Waals surface area (Å²) >= 11 is 0. The molecule has 134 valence electrons. The van der Waals surface area contributed by atoms with Gasteiger partial charge < -0.3 is 10.5 Å². The quantitative estimate of drug-likeness (QED) is 0.756. The van der Waals surface area contributed by atoms with E-state index in [-0.39, 0.29) is 18.2 Å². The molecule has 0 saturated carbocycles. The second-order valence-corrected chi connectivity index (χ2v) is 5.34. The number of rotatable bonds is 5. The number of amides is 1. The summed E-state index contributed by atoms with van der Waals surface area (Å²) < 4.78 is 45.7. The first kappa shape index (κ1) is 17.5. The van der Waals surface area contributed by atoms with E-state index in [0.717, 1.165) is 10.8 Å². The second-order valence-electron chi connectivity index (χ2n) is 5.34. The number of carbonyl (C=O) groups is 1. The number of ether oxygens (including phenoxy) is 1. The summed E-state index contributed by atoms with van der Waals surface area (Å²) in [6.45, 7) is 0.00151. The molecule has 9 heteroatoms. The number of primary amides is 1. The van der Waals surface area contributed by atoms with Crippen LogP contribution in [-0.4, -0.2) is 20.4 Å². The normalized spacial score (nSPS) is 11.3. The largest absolute Gasteiger partial charge is 0.459 e. The van der Waals surface area contributed by atoms with E-state index in [0.29, 0.717) is 11.3 Å². The summed E-state index contributed by atoms with van der Waals surface area (Å²) in [5.74, 6) is -0.633. The van der Waals surface area contributed by atoms with E-state index in [1.54, 1.807) is 24.5 Å². The van der Waals surface area contributed by atoms with Gasteiger partial charge in [0.2, 0.25) is 5.91 Å². The average molecular weight is 362 g/mol. The highest BCUT2D eigenvalue weighted by atomic mass is 19.4. The molecule has 2 N–H and O–H groups in total. The van der Waals surface area contributed by atoms with Crippen molar-refractivity contribution in [2.75, 3.05) is 0 Å². The molecule has 0 unspecified atom stereocenters. The van der Waals surface area contributed by atoms with Gasteiger partial charge in [-0.1, -0.05) is 6.07 Å². The van der Waals surface area contributed by atoms with E-state index in [4.69, 9.17) is 10.5 Å². The van der Waals surface area contributed by atoms with Crippen LogP contribution in [0.4, 0.5) is 13.2 Å². The van der Waals surface area contributed by atoms with Gasteiger partial charge in [0, 0.05) is 29.7 Å². The lowest BCUT2D eigenvalue weighted by atomic mass is 10.2. The predicted molar refractivity (Wildman–Crippen MR) is 85.7 cm³/mol. The third-order valence-corrected chi connectivity index (χ3v) is 3.48. The third kappa shape index (κ3) is 3.82. The van der Waals surface area contributed by atoms with E-state index in [1.165, 1.54) is 24.3 Å². The Balaban J connectivity index is 1.94. The summed E-state index contributed by atoms with van der Waals surface area (Å²) in [5.41, 5.74) is 5.35. The fraction of sp³-hybridized carbons (Fsp3) is 0.118. The molecule has 3 aromatic rings. The summed E-state index contributed by atoms with van der Waals surface area (Å²) in [4.78, 5) is 18.6. The van der Waals surface area contributed by atoms with Gasteiger partial charge in [0.05, 0.1) is 5.69 Å². The lowest BCUT2D eigenvalue weighted by Crippen LogP contribution is -2.10. The van der Waals surface area contributed by atoms with Crippen LogP contribution in [0.5, 0.6) is 6.01 Å². The number of benzene rings is 1. The second kappa shape index (κ2) is 6.87. The molecule has 2 aromatic heterocycles. The number of imidazole rings is 1. The maximum Gasteiger partial charge on any atom is 0.435 e. The van der Waals surface area contributed by atoms with E-state index < -0.39 is 17.8 Å². The Bertz CT molecular complexity index is 906. The van der Waals surface area contributed by atoms with Gasteiger partial charge in [-0.3, -0.25) is 14.3 Å². The fourth-order valence-electron chi connectivity index (χ4n) is 2.20. The maximum absolute atomic E-state index is 13.0. The molecule has 6 nitrogen and oxygen atoms in total. The number of hydrogen-bond donors (Lipinski definition) is 1. The molecule has 3 rings (SSSR count). The first-order chi connectivity index (χ1) is 12.3. The van der Waals surface area contributed by atoms with Crippen LogP contribution in [0.3, 0.4) is 0 Å². The molecule has 0 aliphatic rings. The zero-order chi connectivity index (χ0) is 18.7. The minimum atomic E-state index is -4.62. The van der Waals surface area contributed by atoms with Crippen molar-refractivity contribution in [2.45, 2.75) is 12.8 Å². The number of aromatic nitrogens is 3. The molecule has 0 atom stereocenters. The Hall–Kier alpha value is -3.36. The monoisotopic (exact) mass is 362 g/mol. The van der Waals surface area contributed by atoms with Gasteiger partial charge >= 0.3 is 12.2 Å². The lowest BCUT2D eigenvalue weighted by Gasteiger charge is -2.09. The first-order valence-corrected chi connectivity index (χ1v) is 7.43. The highest BCUT2D eigenvalue weighted by molar-refractivity contribution is 5.92. The molecule has 0 bridgehead atoms. The summed E-state index contributed by atoms with van der Waals surface area (Å²) in [6.07, 6.45) is -0.672. The Kier molecular flexibility index (Phi) is 4.61. The first-order valence-electron chi connectivity index (χ1n) is 7.43. The van der Waals surface area contributed by atoms with Gasteiger partial charge in [0.25, 0.3) is 0 Å². The van der Waals surface area contributed by atoms with Gasteiger partial charge in [0.15, 0.2) is 5.69 Å². The zero-order valence-electron chi connectivity index (χ0n) is 13.3. The van der Waals surface area contributed by atoms with E-state index in [2.05, 4.69) is 9.97 Å². The van der Waals surface area contributed by atoms with Crippen molar-refractivity contribution in [3.8, 4) is 11.7 Å². The minimum absolute atomic E-state index is 0.00151. The van der Waals surface area contributed by atoms with Gasteiger partial charge in [-0.2, -0.15) is 18.2 Å². The minimum Gasteiger partial charge on any atom is -0.459 e. The van der Waals surface area contributed by atoms with Crippen molar-refractivity contribution < 1.29 is 22.7 Å². The fourth-order valence-corrected chi connectivity index (χ4v) is 2.20. The molecule has 2 heterocycles. The summed E-state index contributed by atoms with van der Waals surface area (Å²) in [5, 5.41) is 0. The molecule has 0 fully saturated rings. The SMILES string of the molecule is NC(=O)c1ccc(-n2cc(C(F)(F)F)nc2OCc2cccnc2)cc1. The highest BCUT2D eigenvalue weighted by Crippen LogP contribution is 2.32. The average Bonchev–Trinajstić information content (AvgIpc) is 3.05. The standard InChI is InChI=1S/C17H13F3N4O2/c18-17(19,20)14-9-24(13-5-3-12(4-6-13)15(21)25)16(23-14)26-10-11-2-1-7-22-8-11/h1-9H,10H2,(H2,21,25). The number of nitrogens with zero attached hydrogens (tertiary/aromatic N) is 3. The van der Waals surface area contributed by atoms with Crippen LogP contribution in [0.2, 0.25) is 0 Å². The summed E-state index contributed by atoms with van der Waals surface area (Å²) in [6, 6.07) is 8.93. The maximum atomic E-state index is 13.0. The van der Waals surface area contributed by atoms with Gasteiger partial charge in [-0.05, 0) is 30.3 Å². The highest BCUT2D eigenvalue weighted by Gasteiger charge is 2.35.